The molecular weight excluding hydrogens is 394 g/mol. The van der Waals surface area contributed by atoms with Crippen LogP contribution in [-0.4, -0.2) is 55.8 Å². The van der Waals surface area contributed by atoms with E-state index < -0.39 is 17.5 Å². The maximum atomic E-state index is 13.8. The summed E-state index contributed by atoms with van der Waals surface area (Å²) in [5.41, 5.74) is -0.323. The number of carbonyl (C=O) groups excluding carboxylic acids is 2. The average molecular weight is 424 g/mol. The fourth-order valence-electron chi connectivity index (χ4n) is 4.89. The van der Waals surface area contributed by atoms with Crippen molar-refractivity contribution in [3.8, 4) is 0 Å². The van der Waals surface area contributed by atoms with Crippen molar-refractivity contribution in [2.24, 2.45) is 0 Å². The monoisotopic (exact) mass is 423 g/mol. The minimum absolute atomic E-state index is 0.172. The summed E-state index contributed by atoms with van der Waals surface area (Å²) in [4.78, 5) is 28.2. The molecule has 0 saturated carbocycles. The Balaban J connectivity index is 1.70. The van der Waals surface area contributed by atoms with Crippen LogP contribution < -0.4 is 0 Å². The van der Waals surface area contributed by atoms with Gasteiger partial charge in [-0.1, -0.05) is 60.7 Å². The molecule has 1 unspecified atom stereocenters. The van der Waals surface area contributed by atoms with Gasteiger partial charge < -0.3 is 19.1 Å². The number of nitrogens with zero attached hydrogens (tertiary/aromatic N) is 1. The molecule has 0 aromatic heterocycles. The predicted molar refractivity (Wildman–Crippen MR) is 115 cm³/mol. The van der Waals surface area contributed by atoms with Crippen molar-refractivity contribution in [1.82, 2.24) is 4.90 Å². The molecule has 0 spiro atoms. The molecule has 0 aliphatic carbocycles. The molecule has 3 atom stereocenters. The van der Waals surface area contributed by atoms with E-state index in [0.717, 1.165) is 25.7 Å². The smallest absolute Gasteiger partial charge is 0.348 e. The predicted octanol–water partition coefficient (Wildman–Crippen LogP) is 3.29. The zero-order valence-corrected chi connectivity index (χ0v) is 18.0. The summed E-state index contributed by atoms with van der Waals surface area (Å²) < 4.78 is 17.0. The first kappa shape index (κ1) is 21.5. The van der Waals surface area contributed by atoms with Crippen molar-refractivity contribution < 1.29 is 23.8 Å². The molecule has 31 heavy (non-hydrogen) atoms. The second-order valence-electron chi connectivity index (χ2n) is 8.33. The normalized spacial score (nSPS) is 23.4. The highest BCUT2D eigenvalue weighted by Gasteiger charge is 2.48. The van der Waals surface area contributed by atoms with E-state index in [4.69, 9.17) is 14.2 Å². The molecule has 2 heterocycles. The topological polar surface area (TPSA) is 65.1 Å². The number of esters is 2. The first-order valence-electron chi connectivity index (χ1n) is 10.8. The Morgan fingerprint density at radius 3 is 1.94 bits per heavy atom. The van der Waals surface area contributed by atoms with Gasteiger partial charge in [0.1, 0.15) is 12.7 Å². The molecule has 0 amide bonds. The second-order valence-corrected chi connectivity index (χ2v) is 8.33. The van der Waals surface area contributed by atoms with Crippen LogP contribution >= 0.6 is 0 Å². The Bertz CT molecular complexity index is 847. The summed E-state index contributed by atoms with van der Waals surface area (Å²) >= 11 is 0. The van der Waals surface area contributed by atoms with Crippen LogP contribution in [0.2, 0.25) is 0 Å². The van der Waals surface area contributed by atoms with Crippen LogP contribution in [0.15, 0.2) is 60.7 Å². The van der Waals surface area contributed by atoms with Gasteiger partial charge in [-0.15, -0.1) is 0 Å². The van der Waals surface area contributed by atoms with Gasteiger partial charge in [0.05, 0.1) is 7.11 Å². The van der Waals surface area contributed by atoms with Crippen LogP contribution in [0, 0.1) is 0 Å². The molecule has 2 aliphatic rings. The van der Waals surface area contributed by atoms with Gasteiger partial charge in [-0.05, 0) is 43.9 Å². The Morgan fingerprint density at radius 2 is 1.45 bits per heavy atom. The van der Waals surface area contributed by atoms with E-state index in [1.165, 1.54) is 7.11 Å². The average Bonchev–Trinajstić information content (AvgIpc) is 3.00. The van der Waals surface area contributed by atoms with Crippen molar-refractivity contribution in [2.45, 2.75) is 49.5 Å². The minimum atomic E-state index is -1.56. The molecule has 164 valence electrons. The van der Waals surface area contributed by atoms with E-state index in [1.807, 2.05) is 60.7 Å². The summed E-state index contributed by atoms with van der Waals surface area (Å²) in [6.45, 7) is -0.367. The highest BCUT2D eigenvalue weighted by molar-refractivity contribution is 5.86. The largest absolute Gasteiger partial charge is 0.467 e. The molecule has 2 aromatic carbocycles. The van der Waals surface area contributed by atoms with Crippen LogP contribution in [0.25, 0.3) is 0 Å². The lowest BCUT2D eigenvalue weighted by atomic mass is 9.85. The van der Waals surface area contributed by atoms with Crippen LogP contribution in [-0.2, 0) is 29.4 Å². The third-order valence-electron chi connectivity index (χ3n) is 6.61. The Kier molecular flexibility index (Phi) is 6.39. The van der Waals surface area contributed by atoms with Crippen LogP contribution in [0.1, 0.15) is 36.8 Å². The van der Waals surface area contributed by atoms with Crippen molar-refractivity contribution in [2.75, 3.05) is 20.8 Å². The third-order valence-corrected chi connectivity index (χ3v) is 6.61. The Labute approximate surface area is 183 Å². The third kappa shape index (κ3) is 4.23. The molecule has 2 aromatic rings. The Hall–Kier alpha value is -2.70. The quantitative estimate of drug-likeness (QED) is 0.637. The molecule has 2 saturated heterocycles. The molecular formula is C25H29NO5. The van der Waals surface area contributed by atoms with Crippen LogP contribution in [0.4, 0.5) is 0 Å². The maximum absolute atomic E-state index is 13.8. The fourth-order valence-corrected chi connectivity index (χ4v) is 4.89. The number of rotatable bonds is 7. The van der Waals surface area contributed by atoms with E-state index in [0.29, 0.717) is 23.2 Å². The van der Waals surface area contributed by atoms with Crippen LogP contribution in [0.3, 0.4) is 0 Å². The zero-order valence-electron chi connectivity index (χ0n) is 18.0. The van der Waals surface area contributed by atoms with Gasteiger partial charge in [0.25, 0.3) is 0 Å². The number of fused-ring (bicyclic) bond motifs is 2. The number of hydrogen-bond acceptors (Lipinski definition) is 6. The van der Waals surface area contributed by atoms with E-state index in [2.05, 4.69) is 11.9 Å². The lowest BCUT2D eigenvalue weighted by Crippen LogP contribution is -2.48. The molecule has 0 N–H and O–H groups in total. The van der Waals surface area contributed by atoms with Crippen LogP contribution in [0.5, 0.6) is 0 Å². The van der Waals surface area contributed by atoms with Gasteiger partial charge in [-0.25, -0.2) is 9.59 Å². The molecule has 0 radical (unpaired) electrons. The Morgan fingerprint density at radius 1 is 0.935 bits per heavy atom. The van der Waals surface area contributed by atoms with Crippen molar-refractivity contribution >= 4 is 11.9 Å². The number of piperidine rings is 1. The van der Waals surface area contributed by atoms with Crippen molar-refractivity contribution in [3.63, 3.8) is 0 Å². The standard InChI is InChI=1S/C25H29NO5/c1-26-20-13-14-21(26)16-22(15-20)31-24(28)25(30-17-23(27)29-2,18-9-5-3-6-10-18)19-11-7-4-8-12-19/h3-12,20-22H,13-17H2,1-2H3/t20-,21+,22?. The number of carbonyl (C=O) groups is 2. The first-order chi connectivity index (χ1) is 15.0. The molecule has 2 aliphatic heterocycles. The maximum Gasteiger partial charge on any atom is 0.348 e. The number of methoxy groups -OCH3 is 1. The number of ether oxygens (including phenoxy) is 3. The van der Waals surface area contributed by atoms with E-state index in [-0.39, 0.29) is 12.7 Å². The second kappa shape index (κ2) is 9.20. The highest BCUT2D eigenvalue weighted by atomic mass is 16.6. The fraction of sp³-hybridized carbons (Fsp3) is 0.440. The van der Waals surface area contributed by atoms with E-state index in [9.17, 15) is 9.59 Å². The minimum Gasteiger partial charge on any atom is -0.467 e. The summed E-state index contributed by atoms with van der Waals surface area (Å²) in [6.07, 6.45) is 3.73. The zero-order chi connectivity index (χ0) is 21.8. The lowest BCUT2D eigenvalue weighted by molar-refractivity contribution is -0.180. The molecule has 6 nitrogen and oxygen atoms in total. The summed E-state index contributed by atoms with van der Waals surface area (Å²) in [6, 6.07) is 19.3. The molecule has 2 fully saturated rings. The highest BCUT2D eigenvalue weighted by Crippen LogP contribution is 2.39. The van der Waals surface area contributed by atoms with Gasteiger partial charge in [0.2, 0.25) is 5.60 Å². The molecule has 2 bridgehead atoms. The van der Waals surface area contributed by atoms with Gasteiger partial charge >= 0.3 is 11.9 Å². The van der Waals surface area contributed by atoms with Crippen molar-refractivity contribution in [1.29, 1.82) is 0 Å². The van der Waals surface area contributed by atoms with Gasteiger partial charge in [0, 0.05) is 12.1 Å². The summed E-state index contributed by atoms with van der Waals surface area (Å²) in [5.74, 6) is -1.05. The van der Waals surface area contributed by atoms with E-state index >= 15 is 0 Å². The SMILES string of the molecule is COC(=O)COC(C(=O)OC1C[C@H]2CC[C@@H](C1)N2C)(c1ccccc1)c1ccccc1. The van der Waals surface area contributed by atoms with E-state index in [1.54, 1.807) is 0 Å². The lowest BCUT2D eigenvalue weighted by Gasteiger charge is -2.38. The summed E-state index contributed by atoms with van der Waals surface area (Å²) in [5, 5.41) is 0. The number of hydrogen-bond donors (Lipinski definition) is 0. The first-order valence-corrected chi connectivity index (χ1v) is 10.8. The molecule has 6 heteroatoms. The van der Waals surface area contributed by atoms with Gasteiger partial charge in [0.15, 0.2) is 0 Å². The van der Waals surface area contributed by atoms with Crippen molar-refractivity contribution in [3.05, 3.63) is 71.8 Å². The van der Waals surface area contributed by atoms with Gasteiger partial charge in [-0.2, -0.15) is 0 Å². The van der Waals surface area contributed by atoms with Gasteiger partial charge in [-0.3, -0.25) is 0 Å². The number of benzene rings is 2. The summed E-state index contributed by atoms with van der Waals surface area (Å²) in [7, 11) is 3.45. The molecule has 4 rings (SSSR count).